The Labute approximate surface area is 112 Å². The topological polar surface area (TPSA) is 86.0 Å². The highest BCUT2D eigenvalue weighted by molar-refractivity contribution is 5.83. The molecule has 0 amide bonds. The third kappa shape index (κ3) is 2.68. The fraction of sp³-hybridized carbons (Fsp3) is 0.500. The molecule has 1 saturated carbocycles. The second-order valence-corrected chi connectivity index (χ2v) is 5.23. The van der Waals surface area contributed by atoms with Crippen molar-refractivity contribution in [1.82, 2.24) is 4.98 Å². The van der Waals surface area contributed by atoms with Gasteiger partial charge in [-0.25, -0.2) is 4.79 Å². The third-order valence-electron chi connectivity index (χ3n) is 3.85. The molecule has 0 aliphatic heterocycles. The Hall–Kier alpha value is -2.09. The number of hydrogen-bond acceptors (Lipinski definition) is 4. The quantitative estimate of drug-likeness (QED) is 0.870. The fourth-order valence-electron chi connectivity index (χ4n) is 2.50. The molecule has 1 heterocycles. The van der Waals surface area contributed by atoms with E-state index in [1.807, 2.05) is 0 Å². The number of aromatic nitrogens is 1. The Morgan fingerprint density at radius 3 is 2.84 bits per heavy atom. The van der Waals surface area contributed by atoms with Crippen molar-refractivity contribution < 1.29 is 9.90 Å². The third-order valence-corrected chi connectivity index (χ3v) is 3.85. The molecule has 0 bridgehead atoms. The van der Waals surface area contributed by atoms with E-state index in [-0.39, 0.29) is 0 Å². The molecule has 0 unspecified atom stereocenters. The van der Waals surface area contributed by atoms with Crippen molar-refractivity contribution >= 4 is 11.7 Å². The smallest absolute Gasteiger partial charge is 0.329 e. The first-order valence-corrected chi connectivity index (χ1v) is 6.43. The summed E-state index contributed by atoms with van der Waals surface area (Å²) >= 11 is 0. The fourth-order valence-corrected chi connectivity index (χ4v) is 2.50. The van der Waals surface area contributed by atoms with Crippen LogP contribution in [0.3, 0.4) is 0 Å². The molecule has 0 spiro atoms. The van der Waals surface area contributed by atoms with Crippen LogP contribution < -0.4 is 5.32 Å². The molecule has 2 rings (SSSR count). The Morgan fingerprint density at radius 1 is 1.58 bits per heavy atom. The molecule has 1 fully saturated rings. The van der Waals surface area contributed by atoms with Crippen LogP contribution in [-0.2, 0) is 4.79 Å². The van der Waals surface area contributed by atoms with Gasteiger partial charge in [-0.05, 0) is 37.7 Å². The average Bonchev–Trinajstić information content (AvgIpc) is 2.42. The molecule has 0 atom stereocenters. The number of carbonyl (C=O) groups is 1. The second kappa shape index (κ2) is 5.27. The van der Waals surface area contributed by atoms with Gasteiger partial charge in [-0.2, -0.15) is 5.26 Å². The number of nitrogens with zero attached hydrogens (tertiary/aromatic N) is 2. The SMILES string of the molecule is CC1CCC(Nc2cnccc2C#N)(C(=O)O)CC1. The maximum Gasteiger partial charge on any atom is 0.329 e. The van der Waals surface area contributed by atoms with Crippen LogP contribution in [0.4, 0.5) is 5.69 Å². The Bertz CT molecular complexity index is 514. The number of carboxylic acids is 1. The lowest BCUT2D eigenvalue weighted by atomic mass is 9.77. The predicted molar refractivity (Wildman–Crippen MR) is 70.6 cm³/mol. The predicted octanol–water partition coefficient (Wildman–Crippen LogP) is 2.40. The lowest BCUT2D eigenvalue weighted by Gasteiger charge is -2.37. The molecule has 100 valence electrons. The number of nitriles is 1. The largest absolute Gasteiger partial charge is 0.480 e. The maximum atomic E-state index is 11.6. The number of anilines is 1. The van der Waals surface area contributed by atoms with Crippen LogP contribution in [0.2, 0.25) is 0 Å². The second-order valence-electron chi connectivity index (χ2n) is 5.23. The summed E-state index contributed by atoms with van der Waals surface area (Å²) < 4.78 is 0. The Balaban J connectivity index is 2.27. The van der Waals surface area contributed by atoms with Gasteiger partial charge in [0, 0.05) is 6.20 Å². The molecule has 0 radical (unpaired) electrons. The highest BCUT2D eigenvalue weighted by atomic mass is 16.4. The lowest BCUT2D eigenvalue weighted by Crippen LogP contribution is -2.49. The van der Waals surface area contributed by atoms with Crippen LogP contribution in [0.25, 0.3) is 0 Å². The van der Waals surface area contributed by atoms with Gasteiger partial charge < -0.3 is 10.4 Å². The minimum Gasteiger partial charge on any atom is -0.480 e. The van der Waals surface area contributed by atoms with E-state index in [4.69, 9.17) is 5.26 Å². The van der Waals surface area contributed by atoms with E-state index in [9.17, 15) is 9.90 Å². The molecular formula is C14H17N3O2. The first kappa shape index (κ1) is 13.3. The summed E-state index contributed by atoms with van der Waals surface area (Å²) in [6.07, 6.45) is 5.94. The lowest BCUT2D eigenvalue weighted by molar-refractivity contribution is -0.143. The summed E-state index contributed by atoms with van der Waals surface area (Å²) in [5.41, 5.74) is -0.0441. The molecule has 19 heavy (non-hydrogen) atoms. The molecule has 5 nitrogen and oxygen atoms in total. The van der Waals surface area contributed by atoms with Crippen LogP contribution >= 0.6 is 0 Å². The molecule has 1 aromatic heterocycles. The zero-order valence-corrected chi connectivity index (χ0v) is 10.9. The molecule has 1 aliphatic rings. The minimum atomic E-state index is -0.971. The minimum absolute atomic E-state index is 0.425. The summed E-state index contributed by atoms with van der Waals surface area (Å²) in [4.78, 5) is 15.6. The molecule has 1 aromatic rings. The summed E-state index contributed by atoms with van der Waals surface area (Å²) in [6, 6.07) is 3.64. The van der Waals surface area contributed by atoms with Crippen molar-refractivity contribution in [2.75, 3.05) is 5.32 Å². The van der Waals surface area contributed by atoms with Crippen LogP contribution in [0.15, 0.2) is 18.5 Å². The van der Waals surface area contributed by atoms with Crippen molar-refractivity contribution in [3.8, 4) is 6.07 Å². The maximum absolute atomic E-state index is 11.6. The zero-order valence-electron chi connectivity index (χ0n) is 10.9. The first-order chi connectivity index (χ1) is 9.07. The number of aliphatic carboxylic acids is 1. The molecule has 5 heteroatoms. The number of rotatable bonds is 3. The molecule has 1 aliphatic carbocycles. The van der Waals surface area contributed by atoms with E-state index in [0.717, 1.165) is 12.8 Å². The van der Waals surface area contributed by atoms with Crippen LogP contribution in [0.5, 0.6) is 0 Å². The van der Waals surface area contributed by atoms with Gasteiger partial charge >= 0.3 is 5.97 Å². The Kier molecular flexibility index (Phi) is 3.70. The van der Waals surface area contributed by atoms with Gasteiger partial charge in [-0.3, -0.25) is 4.98 Å². The van der Waals surface area contributed by atoms with E-state index >= 15 is 0 Å². The first-order valence-electron chi connectivity index (χ1n) is 6.43. The van der Waals surface area contributed by atoms with Gasteiger partial charge in [0.1, 0.15) is 11.6 Å². The Morgan fingerprint density at radius 2 is 2.26 bits per heavy atom. The highest BCUT2D eigenvalue weighted by Crippen LogP contribution is 2.35. The van der Waals surface area contributed by atoms with Crippen LogP contribution in [0, 0.1) is 17.2 Å². The van der Waals surface area contributed by atoms with Crippen molar-refractivity contribution in [2.24, 2.45) is 5.92 Å². The van der Waals surface area contributed by atoms with Crippen LogP contribution in [0.1, 0.15) is 38.2 Å². The number of carboxylic acid groups (broad SMARTS) is 1. The van der Waals surface area contributed by atoms with Gasteiger partial charge in [0.25, 0.3) is 0 Å². The average molecular weight is 259 g/mol. The van der Waals surface area contributed by atoms with E-state index in [1.54, 1.807) is 6.07 Å². The van der Waals surface area contributed by atoms with Gasteiger partial charge in [0.15, 0.2) is 0 Å². The van der Waals surface area contributed by atoms with E-state index < -0.39 is 11.5 Å². The summed E-state index contributed by atoms with van der Waals surface area (Å²) in [7, 11) is 0. The molecular weight excluding hydrogens is 242 g/mol. The van der Waals surface area contributed by atoms with E-state index in [1.165, 1.54) is 12.4 Å². The monoisotopic (exact) mass is 259 g/mol. The van der Waals surface area contributed by atoms with Gasteiger partial charge in [0.2, 0.25) is 0 Å². The zero-order chi connectivity index (χ0) is 13.9. The molecule has 2 N–H and O–H groups in total. The summed E-state index contributed by atoms with van der Waals surface area (Å²) in [6.45, 7) is 2.14. The normalized spacial score (nSPS) is 26.4. The van der Waals surface area contributed by atoms with E-state index in [0.29, 0.717) is 30.0 Å². The summed E-state index contributed by atoms with van der Waals surface area (Å²) in [5.74, 6) is -0.300. The van der Waals surface area contributed by atoms with Crippen molar-refractivity contribution in [3.05, 3.63) is 24.0 Å². The van der Waals surface area contributed by atoms with Gasteiger partial charge in [0.05, 0.1) is 17.4 Å². The van der Waals surface area contributed by atoms with Crippen molar-refractivity contribution in [2.45, 2.75) is 38.1 Å². The number of hydrogen-bond donors (Lipinski definition) is 2. The van der Waals surface area contributed by atoms with Crippen LogP contribution in [-0.4, -0.2) is 21.6 Å². The molecule has 0 aromatic carbocycles. The van der Waals surface area contributed by atoms with Crippen molar-refractivity contribution in [1.29, 1.82) is 5.26 Å². The van der Waals surface area contributed by atoms with Gasteiger partial charge in [-0.15, -0.1) is 0 Å². The highest BCUT2D eigenvalue weighted by Gasteiger charge is 2.41. The van der Waals surface area contributed by atoms with E-state index in [2.05, 4.69) is 23.3 Å². The molecule has 0 saturated heterocycles. The van der Waals surface area contributed by atoms with Crippen molar-refractivity contribution in [3.63, 3.8) is 0 Å². The number of pyridine rings is 1. The summed E-state index contributed by atoms with van der Waals surface area (Å²) in [5, 5.41) is 21.6. The standard InChI is InChI=1S/C14H17N3O2/c1-10-2-5-14(6-3-10,13(18)19)17-12-9-16-7-4-11(12)8-15/h4,7,9-10,17H,2-3,5-6H2,1H3,(H,18,19). The van der Waals surface area contributed by atoms with Gasteiger partial charge in [-0.1, -0.05) is 6.92 Å². The number of nitrogens with one attached hydrogen (secondary N) is 1.